The van der Waals surface area contributed by atoms with E-state index in [0.29, 0.717) is 0 Å². The van der Waals surface area contributed by atoms with Crippen LogP contribution in [0, 0.1) is 16.7 Å². The van der Waals surface area contributed by atoms with E-state index in [9.17, 15) is 30.0 Å². The van der Waals surface area contributed by atoms with E-state index in [-0.39, 0.29) is 11.1 Å². The van der Waals surface area contributed by atoms with Gasteiger partial charge in [-0.15, -0.1) is 0 Å². The average molecular weight is 382 g/mol. The van der Waals surface area contributed by atoms with Gasteiger partial charge in [-0.25, -0.2) is 4.79 Å². The fourth-order valence-corrected chi connectivity index (χ4v) is 6.14. The molecular formula is C18H22O9. The van der Waals surface area contributed by atoms with Crippen LogP contribution in [-0.2, 0) is 23.8 Å². The first-order valence-electron chi connectivity index (χ1n) is 9.10. The van der Waals surface area contributed by atoms with Crippen LogP contribution in [0.25, 0.3) is 0 Å². The minimum absolute atomic E-state index is 0.156. The molecule has 8 unspecified atom stereocenters. The summed E-state index contributed by atoms with van der Waals surface area (Å²) in [5.74, 6) is -2.29. The summed E-state index contributed by atoms with van der Waals surface area (Å²) in [6.45, 7) is 4.73. The fraction of sp³-hybridized carbons (Fsp3) is 0.778. The topological polar surface area (TPSA) is 146 Å². The number of hydrogen-bond donors (Lipinski definition) is 4. The summed E-state index contributed by atoms with van der Waals surface area (Å²) in [6.07, 6.45) is -8.65. The highest BCUT2D eigenvalue weighted by Gasteiger charge is 2.81. The van der Waals surface area contributed by atoms with Gasteiger partial charge in [0.2, 0.25) is 0 Å². The van der Waals surface area contributed by atoms with Gasteiger partial charge in [-0.2, -0.15) is 0 Å². The van der Waals surface area contributed by atoms with Crippen LogP contribution in [0.2, 0.25) is 0 Å². The zero-order chi connectivity index (χ0) is 19.6. The van der Waals surface area contributed by atoms with Gasteiger partial charge in [0.05, 0.1) is 18.3 Å². The second-order valence-electron chi connectivity index (χ2n) is 8.69. The Labute approximate surface area is 154 Å². The molecule has 11 atom stereocenters. The van der Waals surface area contributed by atoms with E-state index in [0.717, 1.165) is 0 Å². The molecule has 3 aliphatic heterocycles. The highest BCUT2D eigenvalue weighted by molar-refractivity contribution is 5.85. The van der Waals surface area contributed by atoms with Gasteiger partial charge in [-0.3, -0.25) is 4.79 Å². The lowest BCUT2D eigenvalue weighted by Crippen LogP contribution is -2.66. The molecule has 148 valence electrons. The lowest BCUT2D eigenvalue weighted by Gasteiger charge is -2.55. The lowest BCUT2D eigenvalue weighted by molar-refractivity contribution is -0.171. The first-order valence-corrected chi connectivity index (χ1v) is 9.10. The molecule has 4 N–H and O–H groups in total. The summed E-state index contributed by atoms with van der Waals surface area (Å²) in [5.41, 5.74) is -2.03. The number of carbonyl (C=O) groups is 2. The van der Waals surface area contributed by atoms with E-state index in [2.05, 4.69) is 0 Å². The number of epoxide rings is 1. The molecule has 9 heteroatoms. The van der Waals surface area contributed by atoms with Crippen LogP contribution >= 0.6 is 0 Å². The molecule has 5 rings (SSSR count). The predicted molar refractivity (Wildman–Crippen MR) is 84.9 cm³/mol. The van der Waals surface area contributed by atoms with Crippen molar-refractivity contribution in [3.63, 3.8) is 0 Å². The lowest BCUT2D eigenvalue weighted by atomic mass is 9.47. The quantitative estimate of drug-likeness (QED) is 0.230. The van der Waals surface area contributed by atoms with Gasteiger partial charge in [0.15, 0.2) is 12.2 Å². The second-order valence-corrected chi connectivity index (χ2v) is 8.69. The van der Waals surface area contributed by atoms with Crippen molar-refractivity contribution in [2.45, 2.75) is 69.6 Å². The van der Waals surface area contributed by atoms with Gasteiger partial charge in [-0.1, -0.05) is 6.92 Å². The Morgan fingerprint density at radius 3 is 2.33 bits per heavy atom. The van der Waals surface area contributed by atoms with Crippen molar-refractivity contribution in [3.8, 4) is 0 Å². The second kappa shape index (κ2) is 4.90. The predicted octanol–water partition coefficient (Wildman–Crippen LogP) is -1.98. The molecule has 0 radical (unpaired) electrons. The van der Waals surface area contributed by atoms with Crippen LogP contribution in [0.15, 0.2) is 11.1 Å². The van der Waals surface area contributed by atoms with Gasteiger partial charge in [0, 0.05) is 16.9 Å². The summed E-state index contributed by atoms with van der Waals surface area (Å²) < 4.78 is 16.4. The third-order valence-electron chi connectivity index (χ3n) is 7.35. The third-order valence-corrected chi connectivity index (χ3v) is 7.35. The van der Waals surface area contributed by atoms with Crippen LogP contribution in [0.3, 0.4) is 0 Å². The van der Waals surface area contributed by atoms with Crippen molar-refractivity contribution in [1.29, 1.82) is 0 Å². The van der Waals surface area contributed by atoms with E-state index in [1.807, 2.05) is 0 Å². The minimum Gasteiger partial charge on any atom is -0.458 e. The average Bonchev–Trinajstić information content (AvgIpc) is 3.35. The maximum Gasteiger partial charge on any atom is 0.340 e. The van der Waals surface area contributed by atoms with E-state index < -0.39 is 77.5 Å². The molecule has 0 aromatic heterocycles. The number of carbonyl (C=O) groups excluding carboxylic acids is 2. The van der Waals surface area contributed by atoms with Crippen molar-refractivity contribution < 1.29 is 44.2 Å². The van der Waals surface area contributed by atoms with Crippen LogP contribution in [-0.4, -0.2) is 81.2 Å². The van der Waals surface area contributed by atoms with Crippen LogP contribution in [0.1, 0.15) is 20.8 Å². The largest absolute Gasteiger partial charge is 0.458 e. The molecular weight excluding hydrogens is 360 g/mol. The molecule has 0 aromatic carbocycles. The molecule has 2 saturated heterocycles. The van der Waals surface area contributed by atoms with Crippen molar-refractivity contribution >= 4 is 11.9 Å². The third kappa shape index (κ3) is 1.73. The van der Waals surface area contributed by atoms with Crippen molar-refractivity contribution in [2.24, 2.45) is 16.7 Å². The minimum atomic E-state index is -1.66. The highest BCUT2D eigenvalue weighted by atomic mass is 16.6. The number of rotatable bonds is 1. The van der Waals surface area contributed by atoms with Crippen molar-refractivity contribution in [2.75, 3.05) is 0 Å². The van der Waals surface area contributed by atoms with Crippen LogP contribution in [0.4, 0.5) is 0 Å². The molecule has 2 aliphatic carbocycles. The summed E-state index contributed by atoms with van der Waals surface area (Å²) in [5, 5.41) is 42.5. The fourth-order valence-electron chi connectivity index (χ4n) is 6.14. The van der Waals surface area contributed by atoms with Gasteiger partial charge >= 0.3 is 11.9 Å². The Hall–Kier alpha value is -1.52. The van der Waals surface area contributed by atoms with Gasteiger partial charge < -0.3 is 34.6 Å². The molecule has 0 amide bonds. The number of fused-ring (bicyclic) bond motifs is 3. The zero-order valence-corrected chi connectivity index (χ0v) is 15.0. The Morgan fingerprint density at radius 1 is 1.04 bits per heavy atom. The van der Waals surface area contributed by atoms with E-state index >= 15 is 0 Å². The summed E-state index contributed by atoms with van der Waals surface area (Å²) in [4.78, 5) is 25.0. The normalized spacial score (nSPS) is 56.6. The number of aliphatic hydroxyl groups is 4. The molecule has 3 heterocycles. The van der Waals surface area contributed by atoms with Crippen molar-refractivity contribution in [3.05, 3.63) is 11.1 Å². The molecule has 0 bridgehead atoms. The first kappa shape index (κ1) is 17.6. The van der Waals surface area contributed by atoms with E-state index in [1.165, 1.54) is 6.92 Å². The molecule has 3 fully saturated rings. The standard InChI is InChI=1S/C18H22O9/c1-4(19)9-5-6(8(21)15(23)26-9)17(2)12-10(7(5)20)27-16(24)18(12,3)13(22)11-14(17)25-11/h4,7-14,19-22H,1-3H3/t4?,7?,8?,9?,10?,11?,12?,13-,14?,17+,18+/m0/s1. The molecule has 0 aromatic rings. The molecule has 9 nitrogen and oxygen atoms in total. The Morgan fingerprint density at radius 2 is 1.70 bits per heavy atom. The smallest absolute Gasteiger partial charge is 0.340 e. The van der Waals surface area contributed by atoms with Gasteiger partial charge in [0.25, 0.3) is 0 Å². The van der Waals surface area contributed by atoms with Crippen LogP contribution in [0.5, 0.6) is 0 Å². The zero-order valence-electron chi connectivity index (χ0n) is 15.0. The molecule has 5 aliphatic rings. The number of aliphatic hydroxyl groups excluding tert-OH is 4. The SMILES string of the molecule is CC(O)C1OC(=O)C(O)C2=C1C(O)C1OC(=O)[C@]3(C)C1[C@]2(C)C1OC1[C@@H]3O. The molecule has 27 heavy (non-hydrogen) atoms. The van der Waals surface area contributed by atoms with E-state index in [1.54, 1.807) is 13.8 Å². The van der Waals surface area contributed by atoms with E-state index in [4.69, 9.17) is 14.2 Å². The number of hydrogen-bond acceptors (Lipinski definition) is 9. The maximum absolute atomic E-state index is 12.7. The summed E-state index contributed by atoms with van der Waals surface area (Å²) in [6, 6.07) is 0. The Bertz CT molecular complexity index is 790. The number of esters is 2. The summed E-state index contributed by atoms with van der Waals surface area (Å²) >= 11 is 0. The maximum atomic E-state index is 12.7. The van der Waals surface area contributed by atoms with Gasteiger partial charge in [0.1, 0.15) is 23.7 Å². The first-order chi connectivity index (χ1) is 12.6. The van der Waals surface area contributed by atoms with Gasteiger partial charge in [-0.05, 0) is 19.4 Å². The summed E-state index contributed by atoms with van der Waals surface area (Å²) in [7, 11) is 0. The highest BCUT2D eigenvalue weighted by Crippen LogP contribution is 2.69. The number of ether oxygens (including phenoxy) is 3. The monoisotopic (exact) mass is 382 g/mol. The van der Waals surface area contributed by atoms with Crippen LogP contribution < -0.4 is 0 Å². The molecule has 0 spiro atoms. The molecule has 1 saturated carbocycles. The Kier molecular flexibility index (Phi) is 3.19. The number of cyclic esters (lactones) is 1. The Balaban J connectivity index is 1.79. The van der Waals surface area contributed by atoms with Crippen molar-refractivity contribution in [1.82, 2.24) is 0 Å².